The lowest BCUT2D eigenvalue weighted by atomic mass is 9.92. The van der Waals surface area contributed by atoms with Gasteiger partial charge in [0.15, 0.2) is 0 Å². The van der Waals surface area contributed by atoms with Gasteiger partial charge < -0.3 is 15.1 Å². The fourth-order valence-electron chi connectivity index (χ4n) is 5.38. The van der Waals surface area contributed by atoms with Crippen LogP contribution in [-0.2, 0) is 14.4 Å². The Bertz CT molecular complexity index is 1200. The van der Waals surface area contributed by atoms with Crippen molar-refractivity contribution >= 4 is 23.4 Å². The van der Waals surface area contributed by atoms with Crippen molar-refractivity contribution in [3.05, 3.63) is 102 Å². The Labute approximate surface area is 218 Å². The summed E-state index contributed by atoms with van der Waals surface area (Å²) in [6.45, 7) is 3.49. The number of hydrogen-bond donors (Lipinski definition) is 1. The van der Waals surface area contributed by atoms with E-state index in [0.717, 1.165) is 22.4 Å². The average Bonchev–Trinajstić information content (AvgIpc) is 3.34. The third kappa shape index (κ3) is 5.58. The minimum Gasteiger partial charge on any atom is -0.345 e. The summed E-state index contributed by atoms with van der Waals surface area (Å²) in [6.07, 6.45) is 1.48. The highest BCUT2D eigenvalue weighted by molar-refractivity contribution is 6.00. The van der Waals surface area contributed by atoms with Crippen molar-refractivity contribution in [2.24, 2.45) is 11.8 Å². The molecular formula is C31H33N3O3. The van der Waals surface area contributed by atoms with E-state index in [9.17, 15) is 14.4 Å². The van der Waals surface area contributed by atoms with Crippen molar-refractivity contribution in [1.82, 2.24) is 10.2 Å². The molecule has 5 rings (SSSR count). The molecule has 37 heavy (non-hydrogen) atoms. The van der Waals surface area contributed by atoms with Crippen molar-refractivity contribution in [2.75, 3.05) is 24.5 Å². The first-order valence-electron chi connectivity index (χ1n) is 13.1. The zero-order valence-corrected chi connectivity index (χ0v) is 21.2. The molecular weight excluding hydrogens is 462 g/mol. The molecule has 2 heterocycles. The molecule has 3 aromatic carbocycles. The highest BCUT2D eigenvalue weighted by Crippen LogP contribution is 2.29. The summed E-state index contributed by atoms with van der Waals surface area (Å²) in [5.74, 6) is -0.447. The van der Waals surface area contributed by atoms with Gasteiger partial charge in [0.1, 0.15) is 0 Å². The second-order valence-corrected chi connectivity index (χ2v) is 10.1. The largest absolute Gasteiger partial charge is 0.345 e. The van der Waals surface area contributed by atoms with Gasteiger partial charge in [0.25, 0.3) is 0 Å². The van der Waals surface area contributed by atoms with Crippen molar-refractivity contribution in [2.45, 2.75) is 32.2 Å². The third-order valence-electron chi connectivity index (χ3n) is 7.55. The SMILES string of the molecule is Cc1ccc(N2C[C@H](C(=O)N3CCC(C(=O)NC(c4ccccc4)c4ccccc4)CC3)CC2=O)cc1. The molecule has 0 radical (unpaired) electrons. The van der Waals surface area contributed by atoms with Gasteiger partial charge in [0.05, 0.1) is 12.0 Å². The minimum absolute atomic E-state index is 0.00988. The second kappa shape index (κ2) is 11.0. The lowest BCUT2D eigenvalue weighted by molar-refractivity contribution is -0.139. The molecule has 2 saturated heterocycles. The molecule has 3 amide bonds. The van der Waals surface area contributed by atoms with E-state index < -0.39 is 0 Å². The fraction of sp³-hybridized carbons (Fsp3) is 0.323. The molecule has 1 N–H and O–H groups in total. The maximum Gasteiger partial charge on any atom is 0.228 e. The van der Waals surface area contributed by atoms with Gasteiger partial charge in [0.2, 0.25) is 17.7 Å². The van der Waals surface area contributed by atoms with Crippen LogP contribution < -0.4 is 10.2 Å². The molecule has 0 unspecified atom stereocenters. The molecule has 0 aliphatic carbocycles. The number of carbonyl (C=O) groups excluding carboxylic acids is 3. The van der Waals surface area contributed by atoms with E-state index in [1.807, 2.05) is 96.8 Å². The van der Waals surface area contributed by atoms with E-state index >= 15 is 0 Å². The van der Waals surface area contributed by atoms with E-state index in [0.29, 0.717) is 32.5 Å². The molecule has 0 spiro atoms. The second-order valence-electron chi connectivity index (χ2n) is 10.1. The lowest BCUT2D eigenvalue weighted by Gasteiger charge is -2.33. The zero-order valence-electron chi connectivity index (χ0n) is 21.2. The first-order valence-corrected chi connectivity index (χ1v) is 13.1. The standard InChI is InChI=1S/C31H33N3O3/c1-22-12-14-27(15-13-22)34-21-26(20-28(34)35)31(37)33-18-16-25(17-19-33)30(36)32-29(23-8-4-2-5-9-23)24-10-6-3-7-11-24/h2-15,25-26,29H,16-21H2,1H3,(H,32,36)/t26-/m1/s1. The van der Waals surface area contributed by atoms with Gasteiger partial charge in [-0.05, 0) is 43.0 Å². The quantitative estimate of drug-likeness (QED) is 0.548. The Morgan fingerprint density at radius 3 is 1.95 bits per heavy atom. The van der Waals surface area contributed by atoms with Crippen LogP contribution in [0.15, 0.2) is 84.9 Å². The van der Waals surface area contributed by atoms with E-state index in [1.165, 1.54) is 0 Å². The molecule has 6 nitrogen and oxygen atoms in total. The maximum absolute atomic E-state index is 13.3. The molecule has 2 aliphatic heterocycles. The fourth-order valence-corrected chi connectivity index (χ4v) is 5.38. The maximum atomic E-state index is 13.3. The van der Waals surface area contributed by atoms with E-state index in [4.69, 9.17) is 0 Å². The third-order valence-corrected chi connectivity index (χ3v) is 7.55. The number of likely N-dealkylation sites (tertiary alicyclic amines) is 1. The summed E-state index contributed by atoms with van der Waals surface area (Å²) in [4.78, 5) is 42.7. The topological polar surface area (TPSA) is 69.7 Å². The summed E-state index contributed by atoms with van der Waals surface area (Å²) in [5.41, 5.74) is 4.05. The molecule has 0 bridgehead atoms. The first kappa shape index (κ1) is 24.8. The number of nitrogens with one attached hydrogen (secondary N) is 1. The lowest BCUT2D eigenvalue weighted by Crippen LogP contribution is -2.46. The van der Waals surface area contributed by atoms with Crippen LogP contribution in [0.5, 0.6) is 0 Å². The summed E-state index contributed by atoms with van der Waals surface area (Å²) in [7, 11) is 0. The summed E-state index contributed by atoms with van der Waals surface area (Å²) < 4.78 is 0. The smallest absolute Gasteiger partial charge is 0.228 e. The Balaban J connectivity index is 1.18. The Kier molecular flexibility index (Phi) is 7.35. The number of benzene rings is 3. The van der Waals surface area contributed by atoms with E-state index in [-0.39, 0.29) is 42.0 Å². The highest BCUT2D eigenvalue weighted by atomic mass is 16.2. The number of nitrogens with zero attached hydrogens (tertiary/aromatic N) is 2. The number of amides is 3. The minimum atomic E-state index is -0.334. The first-order chi connectivity index (χ1) is 18.0. The van der Waals surface area contributed by atoms with Crippen LogP contribution in [-0.4, -0.2) is 42.3 Å². The summed E-state index contributed by atoms with van der Waals surface area (Å²) in [6, 6.07) is 27.6. The normalized spacial score (nSPS) is 18.3. The van der Waals surface area contributed by atoms with Crippen molar-refractivity contribution in [3.63, 3.8) is 0 Å². The molecule has 3 aromatic rings. The van der Waals surface area contributed by atoms with Gasteiger partial charge in [0, 0.05) is 37.7 Å². The van der Waals surface area contributed by atoms with Gasteiger partial charge in [-0.15, -0.1) is 0 Å². The van der Waals surface area contributed by atoms with E-state index in [1.54, 1.807) is 4.90 Å². The van der Waals surface area contributed by atoms with Crippen LogP contribution >= 0.6 is 0 Å². The molecule has 6 heteroatoms. The average molecular weight is 496 g/mol. The van der Waals surface area contributed by atoms with E-state index in [2.05, 4.69) is 5.32 Å². The van der Waals surface area contributed by atoms with Crippen LogP contribution in [0.4, 0.5) is 5.69 Å². The molecule has 2 fully saturated rings. The summed E-state index contributed by atoms with van der Waals surface area (Å²) in [5, 5.41) is 3.26. The number of hydrogen-bond acceptors (Lipinski definition) is 3. The van der Waals surface area contributed by atoms with Crippen LogP contribution in [0.25, 0.3) is 0 Å². The van der Waals surface area contributed by atoms with Crippen LogP contribution in [0.3, 0.4) is 0 Å². The van der Waals surface area contributed by atoms with Gasteiger partial charge >= 0.3 is 0 Å². The highest BCUT2D eigenvalue weighted by Gasteiger charge is 2.38. The predicted molar refractivity (Wildman–Crippen MR) is 144 cm³/mol. The van der Waals surface area contributed by atoms with Gasteiger partial charge in [-0.1, -0.05) is 78.4 Å². The molecule has 0 saturated carbocycles. The molecule has 2 aliphatic rings. The number of aryl methyl sites for hydroxylation is 1. The Hall–Kier alpha value is -3.93. The molecule has 1 atom stereocenters. The van der Waals surface area contributed by atoms with Crippen molar-refractivity contribution < 1.29 is 14.4 Å². The number of carbonyl (C=O) groups is 3. The number of rotatable bonds is 6. The molecule has 190 valence electrons. The predicted octanol–water partition coefficient (Wildman–Crippen LogP) is 4.49. The van der Waals surface area contributed by atoms with Crippen molar-refractivity contribution in [3.8, 4) is 0 Å². The van der Waals surface area contributed by atoms with Crippen LogP contribution in [0.2, 0.25) is 0 Å². The monoisotopic (exact) mass is 495 g/mol. The van der Waals surface area contributed by atoms with Gasteiger partial charge in [-0.3, -0.25) is 14.4 Å². The zero-order chi connectivity index (χ0) is 25.8. The van der Waals surface area contributed by atoms with Crippen molar-refractivity contribution in [1.29, 1.82) is 0 Å². The Morgan fingerprint density at radius 2 is 1.38 bits per heavy atom. The van der Waals surface area contributed by atoms with Gasteiger partial charge in [-0.25, -0.2) is 0 Å². The summed E-state index contributed by atoms with van der Waals surface area (Å²) >= 11 is 0. The molecule has 0 aromatic heterocycles. The van der Waals surface area contributed by atoms with Crippen LogP contribution in [0.1, 0.15) is 42.0 Å². The number of piperidine rings is 1. The number of anilines is 1. The Morgan fingerprint density at radius 1 is 0.811 bits per heavy atom. The van der Waals surface area contributed by atoms with Crippen LogP contribution in [0, 0.1) is 18.8 Å². The van der Waals surface area contributed by atoms with Gasteiger partial charge in [-0.2, -0.15) is 0 Å².